The Morgan fingerprint density at radius 2 is 1.10 bits per heavy atom. The predicted molar refractivity (Wildman–Crippen MR) is 194 cm³/mol. The topological polar surface area (TPSA) is 172 Å². The third kappa shape index (κ3) is 19.7. The second-order valence-corrected chi connectivity index (χ2v) is 11.0. The van der Waals surface area contributed by atoms with Crippen LogP contribution in [0, 0.1) is 56.5 Å². The molecule has 0 saturated carbocycles. The van der Waals surface area contributed by atoms with E-state index in [2.05, 4.69) is 10.0 Å². The fourth-order valence-corrected chi connectivity index (χ4v) is 3.59. The molecule has 4 aromatic carbocycles. The number of nitrogens with two attached hydrogens (primary N) is 1. The fraction of sp³-hybridized carbons (Fsp3) is 0.306. The van der Waals surface area contributed by atoms with Crippen LogP contribution in [0.1, 0.15) is 98.0 Å². The van der Waals surface area contributed by atoms with E-state index >= 15 is 0 Å². The summed E-state index contributed by atoms with van der Waals surface area (Å²) in [6.45, 7) is 13.4. The summed E-state index contributed by atoms with van der Waals surface area (Å²) in [5.74, 6) is -1.14. The molecule has 0 fully saturated rings. The second-order valence-electron chi connectivity index (χ2n) is 11.0. The molecule has 0 bridgehead atoms. The average Bonchev–Trinajstić information content (AvgIpc) is 3.03. The number of hydrogen-bond acceptors (Lipinski definition) is 5. The molecule has 0 spiro atoms. The van der Waals surface area contributed by atoms with Crippen LogP contribution < -0.4 is 35.3 Å². The van der Waals surface area contributed by atoms with Gasteiger partial charge < -0.3 is 12.3 Å². The maximum absolute atomic E-state index is 13.0. The van der Waals surface area contributed by atoms with E-state index in [1.165, 1.54) is 31.2 Å². The minimum atomic E-state index is -0.593. The number of Topliss-reactive ketones (excluding diaryl/α,β-unsaturated/α-hetero) is 1. The van der Waals surface area contributed by atoms with Gasteiger partial charge in [-0.25, -0.2) is 17.6 Å². The third-order valence-corrected chi connectivity index (χ3v) is 6.88. The van der Waals surface area contributed by atoms with Crippen molar-refractivity contribution in [3.63, 3.8) is 0 Å². The summed E-state index contributed by atoms with van der Waals surface area (Å²) in [6.07, 6.45) is -0.593. The van der Waals surface area contributed by atoms with Gasteiger partial charge in [0.25, 0.3) is 0 Å². The third-order valence-electron chi connectivity index (χ3n) is 6.88. The Labute approximate surface area is 324 Å². The van der Waals surface area contributed by atoms with Gasteiger partial charge in [0.2, 0.25) is 0 Å². The number of rotatable bonds is 5. The maximum atomic E-state index is 13.0. The standard InChI is InChI=1S/C9H10FN3.C9H12FN.C9H11FO.C9H9FO.B.HN3.Na.H2.H/c1-6-3-4-8(5-9(6)10)7(2)12-13-11;3*1-6-3-4-8(7(2)11)5-9(6)10;;1-3-2;;;/h3-5,7H,1-2H3;3-5,7H,11H2,1-2H3;3-5,7,11H,1-2H3;3-5H,1-2H3;;1H;;1H;/q;;;;;;+1;;-1. The normalized spacial score (nSPS) is 10.9. The van der Waals surface area contributed by atoms with Gasteiger partial charge in [-0.05, 0) is 128 Å². The first kappa shape index (κ1) is 51.2. The van der Waals surface area contributed by atoms with E-state index in [1.807, 2.05) is 13.0 Å². The van der Waals surface area contributed by atoms with E-state index in [4.69, 9.17) is 27.4 Å². The minimum absolute atomic E-state index is 0. The molecule has 51 heavy (non-hydrogen) atoms. The summed E-state index contributed by atoms with van der Waals surface area (Å²) in [5, 5.41) is 12.6. The molecular formula is C36H46BF4N7NaO2. The van der Waals surface area contributed by atoms with Crippen LogP contribution in [0.2, 0.25) is 0 Å². The number of carbonyl (C=O) groups is 1. The van der Waals surface area contributed by atoms with Gasteiger partial charge in [-0.15, -0.1) is 5.53 Å². The number of benzene rings is 4. The molecule has 4 rings (SSSR count). The van der Waals surface area contributed by atoms with Crippen molar-refractivity contribution in [1.82, 2.24) is 0 Å². The van der Waals surface area contributed by atoms with Crippen LogP contribution in [0.3, 0.4) is 0 Å². The quantitative estimate of drug-likeness (QED) is 0.0474. The van der Waals surface area contributed by atoms with E-state index in [9.17, 15) is 22.4 Å². The smallest absolute Gasteiger partial charge is 1.00 e. The molecule has 15 heteroatoms. The molecule has 0 aliphatic heterocycles. The van der Waals surface area contributed by atoms with Gasteiger partial charge >= 0.3 is 29.6 Å². The summed E-state index contributed by atoms with van der Waals surface area (Å²) in [5.41, 5.74) is 31.0. The predicted octanol–water partition coefficient (Wildman–Crippen LogP) is 8.04. The number of aliphatic hydroxyl groups excluding tert-OH is 1. The van der Waals surface area contributed by atoms with Gasteiger partial charge in [0.05, 0.1) is 12.1 Å². The SMILES string of the molecule is CC(=O)c1ccc(C)c(F)c1.Cc1ccc(C(C)N)cc1F.Cc1ccc(C(C)N=[N+]=[N-])cc1F.Cc1ccc(C(C)O)cc1F.[B].[H-].[HH].[N-]=[N+]=N.[Na+]. The van der Waals surface area contributed by atoms with Crippen LogP contribution in [-0.4, -0.2) is 19.3 Å². The van der Waals surface area contributed by atoms with Gasteiger partial charge in [0, 0.05) is 26.4 Å². The summed E-state index contributed by atoms with van der Waals surface area (Å²) >= 11 is 0. The van der Waals surface area contributed by atoms with Crippen LogP contribution in [0.4, 0.5) is 17.6 Å². The number of hydrogen-bond donors (Lipinski definition) is 3. The van der Waals surface area contributed by atoms with Gasteiger partial charge in [0.1, 0.15) is 23.3 Å². The number of ketones is 1. The molecule has 0 aromatic heterocycles. The van der Waals surface area contributed by atoms with Gasteiger partial charge in [-0.3, -0.25) is 4.79 Å². The zero-order valence-electron chi connectivity index (χ0n) is 31.4. The van der Waals surface area contributed by atoms with Crippen molar-refractivity contribution in [2.75, 3.05) is 0 Å². The molecule has 3 radical (unpaired) electrons. The Bertz CT molecular complexity index is 1720. The largest absolute Gasteiger partial charge is 1.00 e. The summed E-state index contributed by atoms with van der Waals surface area (Å²) in [6, 6.07) is 18.7. The zero-order chi connectivity index (χ0) is 37.8. The van der Waals surface area contributed by atoms with Crippen molar-refractivity contribution in [1.29, 1.82) is 5.53 Å². The molecule has 4 N–H and O–H groups in total. The monoisotopic (exact) mass is 718 g/mol. The number of aliphatic hydroxyl groups is 1. The van der Waals surface area contributed by atoms with E-state index in [-0.39, 0.29) is 82.0 Å². The number of halogens is 4. The number of azide groups is 1. The summed E-state index contributed by atoms with van der Waals surface area (Å²) in [4.78, 5) is 15.2. The van der Waals surface area contributed by atoms with E-state index < -0.39 is 6.10 Å². The Morgan fingerprint density at radius 3 is 1.43 bits per heavy atom. The Kier molecular flexibility index (Phi) is 26.8. The number of carbonyl (C=O) groups excluding carboxylic acids is 1. The fourth-order valence-electron chi connectivity index (χ4n) is 3.59. The number of nitrogens with zero attached hydrogens (tertiary/aromatic N) is 5. The van der Waals surface area contributed by atoms with Crippen molar-refractivity contribution in [3.05, 3.63) is 161 Å². The van der Waals surface area contributed by atoms with Crippen LogP contribution in [0.25, 0.3) is 20.9 Å². The van der Waals surface area contributed by atoms with Gasteiger partial charge in [-0.2, -0.15) is 0 Å². The van der Waals surface area contributed by atoms with Crippen LogP contribution in [0.5, 0.6) is 0 Å². The van der Waals surface area contributed by atoms with Crippen LogP contribution in [-0.2, 0) is 0 Å². The molecule has 0 heterocycles. The summed E-state index contributed by atoms with van der Waals surface area (Å²) in [7, 11) is 0. The molecule has 0 aliphatic carbocycles. The average molecular weight is 719 g/mol. The minimum Gasteiger partial charge on any atom is -1.00 e. The second kappa shape index (κ2) is 26.7. The number of nitrogens with one attached hydrogen (secondary N) is 1. The Morgan fingerprint density at radius 1 is 0.765 bits per heavy atom. The molecular weight excluding hydrogens is 672 g/mol. The van der Waals surface area contributed by atoms with Crippen molar-refractivity contribution < 1.29 is 59.9 Å². The van der Waals surface area contributed by atoms with E-state index in [1.54, 1.807) is 88.9 Å². The summed E-state index contributed by atoms with van der Waals surface area (Å²) < 4.78 is 51.5. The van der Waals surface area contributed by atoms with Crippen molar-refractivity contribution in [2.24, 2.45) is 10.8 Å². The molecule has 4 aromatic rings. The molecule has 269 valence electrons. The molecule has 3 atom stereocenters. The van der Waals surface area contributed by atoms with E-state index in [0.29, 0.717) is 38.9 Å². The maximum Gasteiger partial charge on any atom is 1.00 e. The first-order chi connectivity index (χ1) is 22.9. The van der Waals surface area contributed by atoms with Crippen LogP contribution >= 0.6 is 0 Å². The molecule has 0 saturated heterocycles. The first-order valence-electron chi connectivity index (χ1n) is 14.9. The molecule has 0 amide bonds. The number of aryl methyl sites for hydroxylation is 4. The van der Waals surface area contributed by atoms with Crippen molar-refractivity contribution >= 4 is 14.2 Å². The molecule has 3 unspecified atom stereocenters. The van der Waals surface area contributed by atoms with Gasteiger partial charge in [-0.1, -0.05) is 60.6 Å². The van der Waals surface area contributed by atoms with Crippen LogP contribution in [0.15, 0.2) is 77.9 Å². The first-order valence-corrected chi connectivity index (χ1v) is 14.9. The zero-order valence-corrected chi connectivity index (χ0v) is 32.4. The van der Waals surface area contributed by atoms with E-state index in [0.717, 1.165) is 5.56 Å². The van der Waals surface area contributed by atoms with Crippen molar-refractivity contribution in [3.8, 4) is 0 Å². The Balaban J connectivity index is -0.000000184. The molecule has 9 nitrogen and oxygen atoms in total. The Hall–Kier alpha value is -4.13. The van der Waals surface area contributed by atoms with Crippen molar-refractivity contribution in [2.45, 2.75) is 73.6 Å². The van der Waals surface area contributed by atoms with Gasteiger partial charge in [0.15, 0.2) is 5.78 Å². The molecule has 0 aliphatic rings.